The number of sulfonamides is 1. The van der Waals surface area contributed by atoms with Crippen molar-refractivity contribution in [3.05, 3.63) is 41.7 Å². The molecule has 1 aliphatic rings. The second-order valence-electron chi connectivity index (χ2n) is 8.64. The molecule has 4 rings (SSSR count). The van der Waals surface area contributed by atoms with Crippen molar-refractivity contribution in [3.8, 4) is 17.6 Å². The van der Waals surface area contributed by atoms with Crippen LogP contribution >= 0.6 is 0 Å². The molecule has 180 valence electrons. The molecule has 1 fully saturated rings. The fourth-order valence-electron chi connectivity index (χ4n) is 4.42. The molecule has 3 aromatic rings. The van der Waals surface area contributed by atoms with E-state index in [0.29, 0.717) is 11.3 Å². The van der Waals surface area contributed by atoms with Crippen LogP contribution in [0.3, 0.4) is 0 Å². The van der Waals surface area contributed by atoms with Gasteiger partial charge in [-0.2, -0.15) is 23.2 Å². The van der Waals surface area contributed by atoms with Crippen LogP contribution in [0, 0.1) is 18.3 Å². The molecule has 34 heavy (non-hydrogen) atoms. The fourth-order valence-corrected chi connectivity index (χ4v) is 5.54. The molecule has 1 N–H and O–H groups in total. The predicted molar refractivity (Wildman–Crippen MR) is 120 cm³/mol. The lowest BCUT2D eigenvalue weighted by atomic mass is 9.95. The van der Waals surface area contributed by atoms with Gasteiger partial charge in [-0.25, -0.2) is 18.4 Å². The molecule has 0 bridgehead atoms. The minimum absolute atomic E-state index is 0.136. The summed E-state index contributed by atoms with van der Waals surface area (Å²) in [6.45, 7) is 2.69. The monoisotopic (exact) mass is 491 g/mol. The zero-order chi connectivity index (χ0) is 24.7. The molecule has 1 atom stereocenters. The van der Waals surface area contributed by atoms with Crippen molar-refractivity contribution in [2.45, 2.75) is 69.1 Å². The van der Waals surface area contributed by atoms with Crippen LogP contribution in [0.2, 0.25) is 0 Å². The number of nitriles is 1. The van der Waals surface area contributed by atoms with Crippen molar-refractivity contribution in [2.75, 3.05) is 0 Å². The fraction of sp³-hybridized carbons (Fsp3) is 0.435. The number of halogens is 3. The normalized spacial score (nSPS) is 16.5. The van der Waals surface area contributed by atoms with E-state index in [-0.39, 0.29) is 11.9 Å². The number of hydrogen-bond acceptors (Lipinski definition) is 5. The Morgan fingerprint density at radius 2 is 1.82 bits per heavy atom. The van der Waals surface area contributed by atoms with Crippen LogP contribution in [0.4, 0.5) is 13.2 Å². The van der Waals surface area contributed by atoms with Gasteiger partial charge in [-0.15, -0.1) is 0 Å². The molecule has 0 aliphatic heterocycles. The molecular weight excluding hydrogens is 467 g/mol. The highest BCUT2D eigenvalue weighted by Gasteiger charge is 2.39. The molecule has 0 radical (unpaired) electrons. The number of aromatic nitrogens is 3. The van der Waals surface area contributed by atoms with Crippen LogP contribution < -0.4 is 4.72 Å². The summed E-state index contributed by atoms with van der Waals surface area (Å²) in [5, 5.41) is 10.7. The van der Waals surface area contributed by atoms with Gasteiger partial charge in [-0.05, 0) is 38.3 Å². The molecule has 0 saturated heterocycles. The van der Waals surface area contributed by atoms with E-state index in [1.165, 1.54) is 0 Å². The predicted octanol–water partition coefficient (Wildman–Crippen LogP) is 5.01. The first-order valence-corrected chi connectivity index (χ1v) is 12.5. The molecule has 1 saturated carbocycles. The third kappa shape index (κ3) is 4.52. The van der Waals surface area contributed by atoms with Gasteiger partial charge in [0.25, 0.3) is 0 Å². The Morgan fingerprint density at radius 3 is 2.41 bits per heavy atom. The van der Waals surface area contributed by atoms with Crippen molar-refractivity contribution in [1.29, 1.82) is 5.26 Å². The smallest absolute Gasteiger partial charge is 0.334 e. The average molecular weight is 492 g/mol. The molecule has 2 heterocycles. The van der Waals surface area contributed by atoms with E-state index in [1.807, 2.05) is 25.1 Å². The summed E-state index contributed by atoms with van der Waals surface area (Å²) in [4.78, 5) is 7.88. The Balaban J connectivity index is 1.82. The molecule has 7 nitrogen and oxygen atoms in total. The van der Waals surface area contributed by atoms with Gasteiger partial charge < -0.3 is 4.57 Å². The lowest BCUT2D eigenvalue weighted by Gasteiger charge is -2.26. The molecular formula is C23H24F3N5O2S. The van der Waals surface area contributed by atoms with Gasteiger partial charge in [-0.3, -0.25) is 0 Å². The molecule has 2 aromatic heterocycles. The third-order valence-corrected chi connectivity index (χ3v) is 7.68. The lowest BCUT2D eigenvalue weighted by molar-refractivity contribution is -0.147. The topological polar surface area (TPSA) is 101 Å². The van der Waals surface area contributed by atoms with Crippen molar-refractivity contribution in [3.63, 3.8) is 0 Å². The maximum atomic E-state index is 12.8. The zero-order valence-corrected chi connectivity index (χ0v) is 19.5. The first kappa shape index (κ1) is 24.2. The number of hydrogen-bond donors (Lipinski definition) is 1. The van der Waals surface area contributed by atoms with Gasteiger partial charge in [0, 0.05) is 11.4 Å². The summed E-state index contributed by atoms with van der Waals surface area (Å²) in [5.41, 5.74) is 2.81. The summed E-state index contributed by atoms with van der Waals surface area (Å²) in [6, 6.07) is 5.93. The molecule has 11 heteroatoms. The molecule has 1 unspecified atom stereocenters. The van der Waals surface area contributed by atoms with E-state index in [0.717, 1.165) is 67.9 Å². The van der Waals surface area contributed by atoms with Crippen LogP contribution in [-0.4, -0.2) is 35.2 Å². The van der Waals surface area contributed by atoms with Gasteiger partial charge >= 0.3 is 6.18 Å². The van der Waals surface area contributed by atoms with Crippen molar-refractivity contribution >= 4 is 20.9 Å². The van der Waals surface area contributed by atoms with E-state index >= 15 is 0 Å². The van der Waals surface area contributed by atoms with Gasteiger partial charge in [0.2, 0.25) is 10.0 Å². The first-order valence-electron chi connectivity index (χ1n) is 11.0. The number of nitrogens with one attached hydrogen (secondary N) is 1. The maximum Gasteiger partial charge on any atom is 0.404 e. The summed E-state index contributed by atoms with van der Waals surface area (Å²) >= 11 is 0. The summed E-state index contributed by atoms with van der Waals surface area (Å²) in [6.07, 6.45) is 2.34. The number of alkyl halides is 3. The lowest BCUT2D eigenvalue weighted by Crippen LogP contribution is -2.43. The highest BCUT2D eigenvalue weighted by molar-refractivity contribution is 7.89. The maximum absolute atomic E-state index is 12.8. The number of rotatable bonds is 5. The Bertz CT molecular complexity index is 1350. The third-order valence-electron chi connectivity index (χ3n) is 6.18. The SMILES string of the molecule is Cc1ccc2c(C#N)c(-c3ncc(S(=O)(=O)NC(C)C(F)(F)F)cn3)n(C3CCCCC3)c2c1. The second kappa shape index (κ2) is 9.00. The van der Waals surface area contributed by atoms with Gasteiger partial charge in [-0.1, -0.05) is 31.4 Å². The van der Waals surface area contributed by atoms with E-state index in [2.05, 4.69) is 20.6 Å². The van der Waals surface area contributed by atoms with E-state index in [1.54, 1.807) is 4.72 Å². The number of fused-ring (bicyclic) bond motifs is 1. The number of benzene rings is 1. The Hall–Kier alpha value is -2.97. The summed E-state index contributed by atoms with van der Waals surface area (Å²) < 4.78 is 67.0. The van der Waals surface area contributed by atoms with E-state index < -0.39 is 27.1 Å². The Labute approximate surface area is 195 Å². The average Bonchev–Trinajstić information content (AvgIpc) is 3.12. The van der Waals surface area contributed by atoms with Crippen molar-refractivity contribution in [2.24, 2.45) is 0 Å². The van der Waals surface area contributed by atoms with Crippen LogP contribution in [0.5, 0.6) is 0 Å². The molecule has 1 aliphatic carbocycles. The highest BCUT2D eigenvalue weighted by atomic mass is 32.2. The van der Waals surface area contributed by atoms with Crippen molar-refractivity contribution in [1.82, 2.24) is 19.3 Å². The first-order chi connectivity index (χ1) is 16.0. The largest absolute Gasteiger partial charge is 0.404 e. The van der Waals surface area contributed by atoms with Crippen LogP contribution in [-0.2, 0) is 10.0 Å². The standard InChI is InChI=1S/C23H24F3N5O2S/c1-14-8-9-18-19(11-27)21(31(20(18)10-14)16-6-4-3-5-7-16)22-28-12-17(13-29-22)34(32,33)30-15(2)23(24,25)26/h8-10,12-13,15-16,30H,3-7H2,1-2H3. The summed E-state index contributed by atoms with van der Waals surface area (Å²) in [7, 11) is -4.48. The molecule has 0 spiro atoms. The molecule has 0 amide bonds. The van der Waals surface area contributed by atoms with Crippen LogP contribution in [0.25, 0.3) is 22.4 Å². The number of nitrogens with zero attached hydrogens (tertiary/aromatic N) is 4. The Kier molecular flexibility index (Phi) is 6.40. The second-order valence-corrected chi connectivity index (χ2v) is 10.4. The van der Waals surface area contributed by atoms with Crippen molar-refractivity contribution < 1.29 is 21.6 Å². The van der Waals surface area contributed by atoms with E-state index in [9.17, 15) is 26.9 Å². The quantitative estimate of drug-likeness (QED) is 0.541. The highest BCUT2D eigenvalue weighted by Crippen LogP contribution is 2.39. The van der Waals surface area contributed by atoms with Gasteiger partial charge in [0.1, 0.15) is 22.7 Å². The minimum atomic E-state index is -4.73. The van der Waals surface area contributed by atoms with Crippen LogP contribution in [0.1, 0.15) is 56.2 Å². The molecule has 1 aromatic carbocycles. The van der Waals surface area contributed by atoms with Gasteiger partial charge in [0.15, 0.2) is 5.82 Å². The minimum Gasteiger partial charge on any atom is -0.334 e. The summed E-state index contributed by atoms with van der Waals surface area (Å²) in [5.74, 6) is 0.152. The van der Waals surface area contributed by atoms with Gasteiger partial charge in [0.05, 0.1) is 23.5 Å². The number of aryl methyl sites for hydroxylation is 1. The van der Waals surface area contributed by atoms with E-state index in [4.69, 9.17) is 0 Å². The Morgan fingerprint density at radius 1 is 1.18 bits per heavy atom. The van der Waals surface area contributed by atoms with Crippen LogP contribution in [0.15, 0.2) is 35.5 Å². The zero-order valence-electron chi connectivity index (χ0n) is 18.7.